The fraction of sp³-hybridized carbons (Fsp3) is 0.220. The maximum atomic E-state index is 2.55. The minimum atomic E-state index is 0.0982. The largest absolute Gasteiger partial charge is 0.311 e. The molecule has 45 heavy (non-hydrogen) atoms. The summed E-state index contributed by atoms with van der Waals surface area (Å²) < 4.78 is 2.76. The van der Waals surface area contributed by atoms with Crippen LogP contribution in [0.5, 0.6) is 0 Å². The molecule has 0 N–H and O–H groups in total. The van der Waals surface area contributed by atoms with Crippen LogP contribution in [0.3, 0.4) is 0 Å². The van der Waals surface area contributed by atoms with Crippen LogP contribution in [0.2, 0.25) is 0 Å². The minimum Gasteiger partial charge on any atom is -0.311 e. The Morgan fingerprint density at radius 2 is 1.11 bits per heavy atom. The van der Waals surface area contributed by atoms with E-state index < -0.39 is 0 Å². The molecule has 2 aliphatic heterocycles. The lowest BCUT2D eigenvalue weighted by atomic mass is 9.36. The fourth-order valence-electron chi connectivity index (χ4n) is 7.28. The van der Waals surface area contributed by atoms with Crippen LogP contribution in [0.4, 0.5) is 34.1 Å². The molecule has 0 saturated heterocycles. The Balaban J connectivity index is 1.43. The number of thiophene rings is 1. The lowest BCUT2D eigenvalue weighted by Crippen LogP contribution is -2.60. The number of aryl methyl sites for hydroxylation is 1. The molecule has 0 unspecified atom stereocenters. The molecule has 0 radical (unpaired) electrons. The number of anilines is 6. The van der Waals surface area contributed by atoms with Crippen molar-refractivity contribution in [1.29, 1.82) is 0 Å². The summed E-state index contributed by atoms with van der Waals surface area (Å²) in [5.74, 6) is 0. The average Bonchev–Trinajstić information content (AvgIpc) is 3.39. The van der Waals surface area contributed by atoms with Crippen molar-refractivity contribution in [2.45, 2.75) is 59.3 Å². The topological polar surface area (TPSA) is 6.48 Å². The molecule has 0 bridgehead atoms. The lowest BCUT2D eigenvalue weighted by Gasteiger charge is -2.43. The monoisotopic (exact) mass is 602 g/mol. The van der Waals surface area contributed by atoms with E-state index in [2.05, 4.69) is 167 Å². The van der Waals surface area contributed by atoms with Gasteiger partial charge in [0.1, 0.15) is 0 Å². The summed E-state index contributed by atoms with van der Waals surface area (Å²) in [5, 5.41) is 1.32. The second kappa shape index (κ2) is 9.86. The quantitative estimate of drug-likeness (QED) is 0.182. The zero-order chi connectivity index (χ0) is 31.2. The third-order valence-corrected chi connectivity index (χ3v) is 10.8. The molecule has 0 aliphatic carbocycles. The van der Waals surface area contributed by atoms with E-state index in [9.17, 15) is 0 Å². The van der Waals surface area contributed by atoms with E-state index in [0.717, 1.165) is 0 Å². The number of nitrogens with zero attached hydrogens (tertiary/aromatic N) is 2. The summed E-state index contributed by atoms with van der Waals surface area (Å²) in [5.41, 5.74) is 14.5. The van der Waals surface area contributed by atoms with Gasteiger partial charge in [0.15, 0.2) is 0 Å². The van der Waals surface area contributed by atoms with E-state index in [1.54, 1.807) is 0 Å². The highest BCUT2D eigenvalue weighted by Crippen LogP contribution is 2.48. The maximum Gasteiger partial charge on any atom is 0.264 e. The summed E-state index contributed by atoms with van der Waals surface area (Å²) in [6, 6.07) is 41.3. The second-order valence-electron chi connectivity index (χ2n) is 14.8. The maximum absolute atomic E-state index is 2.55. The van der Waals surface area contributed by atoms with Gasteiger partial charge in [-0.2, -0.15) is 0 Å². The Morgan fingerprint density at radius 1 is 0.578 bits per heavy atom. The van der Waals surface area contributed by atoms with Crippen molar-refractivity contribution in [2.24, 2.45) is 0 Å². The molecule has 2 aliphatic rings. The second-order valence-corrected chi connectivity index (χ2v) is 15.9. The third kappa shape index (κ3) is 4.37. The summed E-state index contributed by atoms with van der Waals surface area (Å²) in [4.78, 5) is 5.06. The van der Waals surface area contributed by atoms with E-state index in [0.29, 0.717) is 0 Å². The van der Waals surface area contributed by atoms with Gasteiger partial charge in [0.25, 0.3) is 6.71 Å². The van der Waals surface area contributed by atoms with Crippen molar-refractivity contribution in [2.75, 3.05) is 9.80 Å². The van der Waals surface area contributed by atoms with Gasteiger partial charge in [0.2, 0.25) is 0 Å². The van der Waals surface area contributed by atoms with Gasteiger partial charge in [-0.05, 0) is 93.9 Å². The van der Waals surface area contributed by atoms with Crippen LogP contribution < -0.4 is 25.5 Å². The summed E-state index contributed by atoms with van der Waals surface area (Å²) in [7, 11) is 0. The van der Waals surface area contributed by atoms with Gasteiger partial charge < -0.3 is 9.80 Å². The van der Waals surface area contributed by atoms with Crippen LogP contribution in [0.15, 0.2) is 109 Å². The number of hydrogen-bond acceptors (Lipinski definition) is 3. The lowest BCUT2D eigenvalue weighted by molar-refractivity contribution is 0.590. The van der Waals surface area contributed by atoms with Gasteiger partial charge in [-0.3, -0.25) is 0 Å². The van der Waals surface area contributed by atoms with Crippen LogP contribution in [0.25, 0.3) is 10.1 Å². The Labute approximate surface area is 272 Å². The van der Waals surface area contributed by atoms with E-state index in [1.807, 2.05) is 11.3 Å². The van der Waals surface area contributed by atoms with Crippen molar-refractivity contribution >= 4 is 78.0 Å². The molecule has 0 spiro atoms. The SMILES string of the molecule is Cc1cc2c3c(c1)N(c1ccc(C(C)(C)C)cc1)c1c(sc4ccccc14)B3c1ccccc1N2c1ccc(C(C)(C)C)cc1. The first-order chi connectivity index (χ1) is 21.5. The Morgan fingerprint density at radius 3 is 1.73 bits per heavy atom. The standard InChI is InChI=1S/C41H39BN2S/c1-26-24-34-37-35(25-26)44(30-22-18-28(19-23-30)41(5,6)7)38-31-12-8-11-15-36(31)45-39(38)42(37)32-13-9-10-14-33(32)43(34)29-20-16-27(17-21-29)40(2,3)4/h8-25H,1-7H3. The number of rotatable bonds is 2. The van der Waals surface area contributed by atoms with E-state index >= 15 is 0 Å². The molecule has 222 valence electrons. The minimum absolute atomic E-state index is 0.0982. The number of fused-ring (bicyclic) bond motifs is 6. The van der Waals surface area contributed by atoms with Gasteiger partial charge >= 0.3 is 0 Å². The Kier molecular flexibility index (Phi) is 6.18. The Hall–Kier alpha value is -4.28. The zero-order valence-electron chi connectivity index (χ0n) is 27.3. The van der Waals surface area contributed by atoms with E-state index in [4.69, 9.17) is 0 Å². The van der Waals surface area contributed by atoms with Gasteiger partial charge in [-0.1, -0.05) is 102 Å². The van der Waals surface area contributed by atoms with Crippen molar-refractivity contribution < 1.29 is 0 Å². The van der Waals surface area contributed by atoms with Gasteiger partial charge in [-0.15, -0.1) is 11.3 Å². The summed E-state index contributed by atoms with van der Waals surface area (Å²) >= 11 is 1.95. The molecule has 3 heterocycles. The molecular weight excluding hydrogens is 563 g/mol. The molecule has 8 rings (SSSR count). The summed E-state index contributed by atoms with van der Waals surface area (Å²) in [6.45, 7) is 16.1. The predicted octanol–water partition coefficient (Wildman–Crippen LogP) is 9.89. The molecule has 1 aromatic heterocycles. The smallest absolute Gasteiger partial charge is 0.264 e. The zero-order valence-corrected chi connectivity index (χ0v) is 28.1. The van der Waals surface area contributed by atoms with Gasteiger partial charge in [0.05, 0.1) is 5.69 Å². The number of benzene rings is 5. The summed E-state index contributed by atoms with van der Waals surface area (Å²) in [6.07, 6.45) is 0. The molecule has 0 saturated carbocycles. The molecule has 0 fully saturated rings. The predicted molar refractivity (Wildman–Crippen MR) is 198 cm³/mol. The number of hydrogen-bond donors (Lipinski definition) is 0. The Bertz CT molecular complexity index is 2090. The van der Waals surface area contributed by atoms with Crippen LogP contribution in [0, 0.1) is 6.92 Å². The molecule has 2 nitrogen and oxygen atoms in total. The van der Waals surface area contributed by atoms with Gasteiger partial charge in [-0.25, -0.2) is 0 Å². The normalized spacial score (nSPS) is 14.0. The highest BCUT2D eigenvalue weighted by molar-refractivity contribution is 7.33. The molecule has 4 heteroatoms. The van der Waals surface area contributed by atoms with Crippen LogP contribution in [-0.2, 0) is 10.8 Å². The van der Waals surface area contributed by atoms with Crippen LogP contribution in [0.1, 0.15) is 58.2 Å². The third-order valence-electron chi connectivity index (χ3n) is 9.60. The van der Waals surface area contributed by atoms with Crippen molar-refractivity contribution in [3.8, 4) is 0 Å². The van der Waals surface area contributed by atoms with Crippen LogP contribution in [-0.4, -0.2) is 6.71 Å². The molecule has 6 aromatic rings. The highest BCUT2D eigenvalue weighted by atomic mass is 32.1. The first kappa shape index (κ1) is 28.2. The molecule has 0 amide bonds. The first-order valence-electron chi connectivity index (χ1n) is 16.1. The van der Waals surface area contributed by atoms with Crippen molar-refractivity contribution in [1.82, 2.24) is 0 Å². The van der Waals surface area contributed by atoms with Gasteiger partial charge in [0, 0.05) is 43.3 Å². The average molecular weight is 603 g/mol. The number of para-hydroxylation sites is 1. The molecule has 0 atom stereocenters. The van der Waals surface area contributed by atoms with E-state index in [-0.39, 0.29) is 17.5 Å². The van der Waals surface area contributed by atoms with Crippen molar-refractivity contribution in [3.05, 3.63) is 126 Å². The van der Waals surface area contributed by atoms with Crippen molar-refractivity contribution in [3.63, 3.8) is 0 Å². The highest BCUT2D eigenvalue weighted by Gasteiger charge is 2.45. The van der Waals surface area contributed by atoms with E-state index in [1.165, 1.54) is 76.6 Å². The molecule has 5 aromatic carbocycles. The van der Waals surface area contributed by atoms with Crippen LogP contribution >= 0.6 is 11.3 Å². The fourth-order valence-corrected chi connectivity index (χ4v) is 8.60. The molecular formula is C41H39BN2S. The first-order valence-corrected chi connectivity index (χ1v) is 16.9.